The second kappa shape index (κ2) is 7.54. The van der Waals surface area contributed by atoms with Crippen molar-refractivity contribution in [1.29, 1.82) is 0 Å². The van der Waals surface area contributed by atoms with Crippen molar-refractivity contribution in [2.75, 3.05) is 13.1 Å². The largest absolute Gasteiger partial charge is 0.358 e. The zero-order valence-electron chi connectivity index (χ0n) is 14.3. The molecule has 2 aromatic heterocycles. The monoisotopic (exact) mass is 381 g/mol. The lowest BCUT2D eigenvalue weighted by Crippen LogP contribution is -2.26. The zero-order valence-corrected chi connectivity index (χ0v) is 16.8. The molecule has 0 saturated heterocycles. The number of nitrogens with zero attached hydrogens (tertiary/aromatic N) is 2. The number of hydrogen-bond donors (Lipinski definition) is 1. The summed E-state index contributed by atoms with van der Waals surface area (Å²) in [5.41, 5.74) is 1.25. The van der Waals surface area contributed by atoms with Crippen LogP contribution in [0.25, 0.3) is 10.2 Å². The Hall–Kier alpha value is -0.920. The summed E-state index contributed by atoms with van der Waals surface area (Å²) >= 11 is 8.72. The number of thiocarbonyl (C=S) groups is 1. The van der Waals surface area contributed by atoms with Crippen molar-refractivity contribution in [3.63, 3.8) is 0 Å². The van der Waals surface area contributed by atoms with Crippen LogP contribution >= 0.6 is 35.3 Å². The van der Waals surface area contributed by atoms with Crippen LogP contribution in [0.2, 0.25) is 0 Å². The first-order valence-corrected chi connectivity index (χ1v) is 10.7. The Labute approximate surface area is 156 Å². The molecule has 7 heteroatoms. The van der Waals surface area contributed by atoms with E-state index in [1.54, 1.807) is 23.1 Å². The summed E-state index contributed by atoms with van der Waals surface area (Å²) in [6.07, 6.45) is 3.24. The van der Waals surface area contributed by atoms with E-state index in [4.69, 9.17) is 17.2 Å². The van der Waals surface area contributed by atoms with Gasteiger partial charge in [-0.15, -0.1) is 11.3 Å². The number of fused-ring (bicyclic) bond motifs is 3. The highest BCUT2D eigenvalue weighted by Crippen LogP contribution is 2.35. The van der Waals surface area contributed by atoms with E-state index in [2.05, 4.69) is 30.7 Å². The van der Waals surface area contributed by atoms with Crippen molar-refractivity contribution in [3.8, 4) is 0 Å². The molecule has 0 spiro atoms. The average Bonchev–Trinajstić information content (AvgIpc) is 2.91. The molecule has 0 aliphatic heterocycles. The van der Waals surface area contributed by atoms with Crippen molar-refractivity contribution in [2.24, 2.45) is 5.92 Å². The van der Waals surface area contributed by atoms with Gasteiger partial charge in [-0.25, -0.2) is 4.98 Å². The van der Waals surface area contributed by atoms with E-state index in [0.717, 1.165) is 52.7 Å². The molecule has 0 fully saturated rings. The average molecular weight is 382 g/mol. The van der Waals surface area contributed by atoms with Crippen molar-refractivity contribution in [1.82, 2.24) is 14.9 Å². The maximum atomic E-state index is 12.6. The molecule has 0 radical (unpaired) electrons. The van der Waals surface area contributed by atoms with E-state index in [1.807, 2.05) is 0 Å². The quantitative estimate of drug-likeness (QED) is 0.812. The van der Waals surface area contributed by atoms with E-state index in [0.29, 0.717) is 11.7 Å². The fourth-order valence-electron chi connectivity index (χ4n) is 3.16. The Kier molecular flexibility index (Phi) is 5.62. The van der Waals surface area contributed by atoms with Crippen LogP contribution in [-0.2, 0) is 18.6 Å². The van der Waals surface area contributed by atoms with Crippen LogP contribution in [0.15, 0.2) is 4.79 Å². The molecule has 0 aromatic carbocycles. The van der Waals surface area contributed by atoms with Crippen molar-refractivity contribution in [3.05, 3.63) is 26.6 Å². The number of thiophene rings is 1. The van der Waals surface area contributed by atoms with Crippen LogP contribution in [0.4, 0.5) is 0 Å². The number of aryl methyl sites for hydroxylation is 1. The highest BCUT2D eigenvalue weighted by molar-refractivity contribution is 8.22. The van der Waals surface area contributed by atoms with Gasteiger partial charge in [0.2, 0.25) is 0 Å². The molecule has 2 heterocycles. The third kappa shape index (κ3) is 3.53. The van der Waals surface area contributed by atoms with E-state index in [9.17, 15) is 4.79 Å². The van der Waals surface area contributed by atoms with Gasteiger partial charge < -0.3 is 9.88 Å². The van der Waals surface area contributed by atoms with Gasteiger partial charge in [-0.2, -0.15) is 0 Å². The van der Waals surface area contributed by atoms with Crippen molar-refractivity contribution in [2.45, 2.75) is 45.8 Å². The minimum atomic E-state index is 0.0106. The first-order chi connectivity index (χ1) is 11.5. The molecule has 0 saturated carbocycles. The van der Waals surface area contributed by atoms with Gasteiger partial charge in [-0.05, 0) is 44.6 Å². The molecule has 1 aliphatic carbocycles. The Morgan fingerprint density at radius 3 is 2.92 bits per heavy atom. The molecule has 1 atom stereocenters. The molecule has 0 unspecified atom stereocenters. The van der Waals surface area contributed by atoms with Crippen LogP contribution in [0.1, 0.15) is 43.5 Å². The summed E-state index contributed by atoms with van der Waals surface area (Å²) in [5, 5.41) is 0.821. The predicted molar refractivity (Wildman–Crippen MR) is 108 cm³/mol. The number of nitrogens with one attached hydrogen (secondary N) is 1. The minimum absolute atomic E-state index is 0.0106. The number of hydrogen-bond acceptors (Lipinski definition) is 5. The first-order valence-electron chi connectivity index (χ1n) is 8.48. The molecule has 1 aliphatic rings. The van der Waals surface area contributed by atoms with Crippen LogP contribution in [0.3, 0.4) is 0 Å². The Balaban J connectivity index is 1.84. The molecule has 0 amide bonds. The van der Waals surface area contributed by atoms with Crippen molar-refractivity contribution < 1.29 is 0 Å². The molecule has 2 aromatic rings. The summed E-state index contributed by atoms with van der Waals surface area (Å²) < 4.78 is 0.863. The van der Waals surface area contributed by atoms with Gasteiger partial charge in [0.05, 0.1) is 11.1 Å². The molecule has 0 bridgehead atoms. The molecular formula is C17H23N3OS3. The SMILES string of the molecule is CCN(CC)C(=S)SCc1nc2sc3c(c2c(=O)[nH]1)CC[C@@H](C)C3. The van der Waals surface area contributed by atoms with E-state index in [-0.39, 0.29) is 5.56 Å². The van der Waals surface area contributed by atoms with Gasteiger partial charge in [0.15, 0.2) is 0 Å². The number of thioether (sulfide) groups is 1. The third-order valence-corrected chi connectivity index (χ3v) is 7.25. The summed E-state index contributed by atoms with van der Waals surface area (Å²) in [6, 6.07) is 0. The smallest absolute Gasteiger partial charge is 0.259 e. The first kappa shape index (κ1) is 17.9. The summed E-state index contributed by atoms with van der Waals surface area (Å²) in [7, 11) is 0. The molecule has 1 N–H and O–H groups in total. The van der Waals surface area contributed by atoms with E-state index < -0.39 is 0 Å². The molecule has 4 nitrogen and oxygen atoms in total. The van der Waals surface area contributed by atoms with E-state index in [1.165, 1.54) is 10.4 Å². The second-order valence-electron chi connectivity index (χ2n) is 6.27. The summed E-state index contributed by atoms with van der Waals surface area (Å²) in [4.78, 5) is 24.6. The highest BCUT2D eigenvalue weighted by atomic mass is 32.2. The van der Waals surface area contributed by atoms with Crippen LogP contribution in [-0.4, -0.2) is 32.3 Å². The lowest BCUT2D eigenvalue weighted by atomic mass is 9.89. The second-order valence-corrected chi connectivity index (χ2v) is 8.96. The minimum Gasteiger partial charge on any atom is -0.358 e. The highest BCUT2D eigenvalue weighted by Gasteiger charge is 2.23. The van der Waals surface area contributed by atoms with Gasteiger partial charge in [0.25, 0.3) is 5.56 Å². The lowest BCUT2D eigenvalue weighted by Gasteiger charge is -2.20. The summed E-state index contributed by atoms with van der Waals surface area (Å²) in [6.45, 7) is 8.28. The van der Waals surface area contributed by atoms with Gasteiger partial charge in [-0.3, -0.25) is 4.79 Å². The molecule has 24 heavy (non-hydrogen) atoms. The number of H-pyrrole nitrogens is 1. The fourth-order valence-corrected chi connectivity index (χ4v) is 5.84. The molecule has 130 valence electrons. The number of aromatic nitrogens is 2. The fraction of sp³-hybridized carbons (Fsp3) is 0.588. The topological polar surface area (TPSA) is 49.0 Å². The lowest BCUT2D eigenvalue weighted by molar-refractivity contribution is 0.482. The number of aromatic amines is 1. The maximum Gasteiger partial charge on any atom is 0.259 e. The van der Waals surface area contributed by atoms with Crippen LogP contribution < -0.4 is 5.56 Å². The third-order valence-electron chi connectivity index (χ3n) is 4.57. The number of rotatable bonds is 4. The molecular weight excluding hydrogens is 358 g/mol. The Morgan fingerprint density at radius 2 is 2.21 bits per heavy atom. The predicted octanol–water partition coefficient (Wildman–Crippen LogP) is 3.97. The van der Waals surface area contributed by atoms with E-state index >= 15 is 0 Å². The van der Waals surface area contributed by atoms with Gasteiger partial charge in [0, 0.05) is 18.0 Å². The van der Waals surface area contributed by atoms with Crippen LogP contribution in [0.5, 0.6) is 0 Å². The van der Waals surface area contributed by atoms with Crippen LogP contribution in [0, 0.1) is 5.92 Å². The molecule has 3 rings (SSSR count). The summed E-state index contributed by atoms with van der Waals surface area (Å²) in [5.74, 6) is 2.03. The Bertz CT molecular complexity index is 807. The Morgan fingerprint density at radius 1 is 1.46 bits per heavy atom. The van der Waals surface area contributed by atoms with Gasteiger partial charge in [0.1, 0.15) is 15.0 Å². The zero-order chi connectivity index (χ0) is 17.3. The standard InChI is InChI=1S/C17H23N3OS3/c1-4-20(5-2)17(22)23-9-13-18-15(21)14-11-7-6-10(3)8-12(11)24-16(14)19-13/h10H,4-9H2,1-3H3,(H,18,19,21)/t10-/m1/s1. The van der Waals surface area contributed by atoms with Gasteiger partial charge in [-0.1, -0.05) is 30.9 Å². The van der Waals surface area contributed by atoms with Crippen molar-refractivity contribution >= 4 is 49.9 Å². The van der Waals surface area contributed by atoms with Gasteiger partial charge >= 0.3 is 0 Å². The maximum absolute atomic E-state index is 12.6. The normalized spacial score (nSPS) is 17.0.